The topological polar surface area (TPSA) is 69.0 Å². The van der Waals surface area contributed by atoms with Gasteiger partial charge in [-0.1, -0.05) is 18.2 Å². The van der Waals surface area contributed by atoms with Crippen molar-refractivity contribution in [3.63, 3.8) is 0 Å². The molecule has 1 unspecified atom stereocenters. The second-order valence-electron chi connectivity index (χ2n) is 6.61. The van der Waals surface area contributed by atoms with Crippen molar-refractivity contribution in [2.45, 2.75) is 20.0 Å². The first-order chi connectivity index (χ1) is 14.5. The van der Waals surface area contributed by atoms with Crippen molar-refractivity contribution in [3.8, 4) is 22.1 Å². The van der Waals surface area contributed by atoms with Crippen LogP contribution in [0.3, 0.4) is 0 Å². The number of benzene rings is 2. The third kappa shape index (κ3) is 4.23. The molecule has 1 N–H and O–H groups in total. The van der Waals surface area contributed by atoms with Crippen LogP contribution in [0, 0.1) is 12.7 Å². The largest absolute Gasteiger partial charge is 0.481 e. The zero-order valence-electron chi connectivity index (χ0n) is 16.4. The van der Waals surface area contributed by atoms with Crippen LogP contribution in [-0.2, 0) is 4.79 Å². The number of hydrogen-bond donors (Lipinski definition) is 1. The molecule has 2 heterocycles. The van der Waals surface area contributed by atoms with Gasteiger partial charge in [0.2, 0.25) is 0 Å². The molecule has 4 aromatic rings. The van der Waals surface area contributed by atoms with Crippen molar-refractivity contribution in [3.05, 3.63) is 77.8 Å². The molecule has 152 valence electrons. The number of aromatic nitrogens is 3. The molecule has 4 rings (SSSR count). The van der Waals surface area contributed by atoms with Gasteiger partial charge in [0.25, 0.3) is 5.91 Å². The van der Waals surface area contributed by atoms with E-state index >= 15 is 0 Å². The predicted molar refractivity (Wildman–Crippen MR) is 115 cm³/mol. The van der Waals surface area contributed by atoms with Crippen LogP contribution < -0.4 is 10.1 Å². The van der Waals surface area contributed by atoms with Crippen LogP contribution in [-0.4, -0.2) is 26.5 Å². The maximum Gasteiger partial charge on any atom is 0.266 e. The fourth-order valence-corrected chi connectivity index (χ4v) is 3.77. The molecular weight excluding hydrogens is 403 g/mol. The van der Waals surface area contributed by atoms with E-state index in [0.717, 1.165) is 11.3 Å². The number of aryl methyl sites for hydroxylation is 1. The summed E-state index contributed by atoms with van der Waals surface area (Å²) in [5.41, 5.74) is 1.54. The number of thiazole rings is 1. The maximum absolute atomic E-state index is 13.2. The minimum atomic E-state index is -0.692. The number of rotatable bonds is 6. The maximum atomic E-state index is 13.2. The van der Waals surface area contributed by atoms with E-state index in [1.807, 2.05) is 30.5 Å². The van der Waals surface area contributed by atoms with Gasteiger partial charge in [0.15, 0.2) is 11.2 Å². The Hall–Kier alpha value is -3.52. The van der Waals surface area contributed by atoms with Crippen LogP contribution in [0.2, 0.25) is 0 Å². The van der Waals surface area contributed by atoms with Gasteiger partial charge in [-0.15, -0.1) is 11.3 Å². The molecule has 1 amide bonds. The van der Waals surface area contributed by atoms with Crippen molar-refractivity contribution >= 4 is 23.1 Å². The summed E-state index contributed by atoms with van der Waals surface area (Å²) in [4.78, 5) is 21.6. The summed E-state index contributed by atoms with van der Waals surface area (Å²) in [5.74, 6) is 1.21. The van der Waals surface area contributed by atoms with Crippen molar-refractivity contribution in [2.24, 2.45) is 0 Å². The molecule has 0 saturated carbocycles. The van der Waals surface area contributed by atoms with E-state index in [4.69, 9.17) is 4.74 Å². The molecule has 30 heavy (non-hydrogen) atoms. The molecule has 1 atom stereocenters. The van der Waals surface area contributed by atoms with Crippen molar-refractivity contribution in [2.75, 3.05) is 5.32 Å². The Morgan fingerprint density at radius 3 is 2.63 bits per heavy atom. The molecule has 0 aliphatic heterocycles. The van der Waals surface area contributed by atoms with Gasteiger partial charge < -0.3 is 10.1 Å². The second kappa shape index (κ2) is 8.46. The number of nitrogens with one attached hydrogen (secondary N) is 1. The minimum absolute atomic E-state index is 0.295. The Labute approximate surface area is 177 Å². The molecular formula is C22H19FN4O2S. The molecule has 0 saturated heterocycles. The lowest BCUT2D eigenvalue weighted by Gasteiger charge is -2.15. The number of carbonyl (C=O) groups excluding carboxylic acids is 1. The number of carbonyl (C=O) groups is 1. The number of hydrogen-bond acceptors (Lipinski definition) is 5. The minimum Gasteiger partial charge on any atom is -0.481 e. The smallest absolute Gasteiger partial charge is 0.266 e. The van der Waals surface area contributed by atoms with E-state index in [9.17, 15) is 9.18 Å². The number of ether oxygens (including phenoxy) is 1. The monoisotopic (exact) mass is 422 g/mol. The van der Waals surface area contributed by atoms with E-state index < -0.39 is 6.10 Å². The Balaban J connectivity index is 1.53. The van der Waals surface area contributed by atoms with E-state index in [2.05, 4.69) is 15.3 Å². The number of amides is 1. The van der Waals surface area contributed by atoms with Crippen molar-refractivity contribution < 1.29 is 13.9 Å². The van der Waals surface area contributed by atoms with Crippen molar-refractivity contribution in [1.29, 1.82) is 0 Å². The second-order valence-corrected chi connectivity index (χ2v) is 7.45. The quantitative estimate of drug-likeness (QED) is 0.482. The fourth-order valence-electron chi connectivity index (χ4n) is 2.88. The normalized spacial score (nSPS) is 11.8. The molecule has 0 fully saturated rings. The average molecular weight is 422 g/mol. The van der Waals surface area contributed by atoms with Gasteiger partial charge in [0.1, 0.15) is 23.2 Å². The van der Waals surface area contributed by atoms with Crippen LogP contribution in [0.25, 0.3) is 16.4 Å². The standard InChI is InChI=1S/C22H19FN4O2S/c1-14(29-18-6-4-3-5-7-18)21(28)26-20-12-24-15(2)27(20)22-25-19(13-30-22)16-8-10-17(23)11-9-16/h3-14H,1-2H3,(H,26,28). The van der Waals surface area contributed by atoms with Crippen LogP contribution in [0.1, 0.15) is 12.7 Å². The molecule has 2 aromatic carbocycles. The SMILES string of the molecule is Cc1ncc(NC(=O)C(C)Oc2ccccc2)n1-c1nc(-c2ccc(F)cc2)cs1. The molecule has 0 bridgehead atoms. The van der Waals surface area contributed by atoms with Gasteiger partial charge in [0, 0.05) is 10.9 Å². The van der Waals surface area contributed by atoms with Gasteiger partial charge in [-0.3, -0.25) is 9.36 Å². The number of anilines is 1. The molecule has 0 aliphatic carbocycles. The molecule has 2 aromatic heterocycles. The molecule has 0 radical (unpaired) electrons. The highest BCUT2D eigenvalue weighted by atomic mass is 32.1. The number of imidazole rings is 1. The highest BCUT2D eigenvalue weighted by molar-refractivity contribution is 7.12. The summed E-state index contributed by atoms with van der Waals surface area (Å²) in [7, 11) is 0. The van der Waals surface area contributed by atoms with E-state index in [0.29, 0.717) is 22.5 Å². The van der Waals surface area contributed by atoms with Crippen LogP contribution in [0.15, 0.2) is 66.2 Å². The van der Waals surface area contributed by atoms with Crippen LogP contribution >= 0.6 is 11.3 Å². The third-order valence-corrected chi connectivity index (χ3v) is 5.26. The number of para-hydroxylation sites is 1. The Morgan fingerprint density at radius 1 is 1.17 bits per heavy atom. The lowest BCUT2D eigenvalue weighted by molar-refractivity contribution is -0.122. The Kier molecular flexibility index (Phi) is 5.58. The lowest BCUT2D eigenvalue weighted by atomic mass is 10.2. The van der Waals surface area contributed by atoms with Gasteiger partial charge >= 0.3 is 0 Å². The van der Waals surface area contributed by atoms with Crippen molar-refractivity contribution in [1.82, 2.24) is 14.5 Å². The highest BCUT2D eigenvalue weighted by Gasteiger charge is 2.19. The summed E-state index contributed by atoms with van der Waals surface area (Å²) in [5, 5.41) is 5.39. The number of nitrogens with zero attached hydrogens (tertiary/aromatic N) is 3. The third-order valence-electron chi connectivity index (χ3n) is 4.44. The van der Waals surface area contributed by atoms with E-state index in [-0.39, 0.29) is 11.7 Å². The molecule has 0 spiro atoms. The van der Waals surface area contributed by atoms with Gasteiger partial charge in [-0.25, -0.2) is 14.4 Å². The van der Waals surface area contributed by atoms with Gasteiger partial charge in [0.05, 0.1) is 11.9 Å². The van der Waals surface area contributed by atoms with Crippen LogP contribution in [0.5, 0.6) is 5.75 Å². The molecule has 8 heteroatoms. The van der Waals surface area contributed by atoms with Gasteiger partial charge in [-0.05, 0) is 50.2 Å². The first kappa shape index (κ1) is 19.8. The summed E-state index contributed by atoms with van der Waals surface area (Å²) in [6.45, 7) is 3.52. The first-order valence-electron chi connectivity index (χ1n) is 9.30. The fraction of sp³-hybridized carbons (Fsp3) is 0.136. The zero-order chi connectivity index (χ0) is 21.1. The molecule has 0 aliphatic rings. The van der Waals surface area contributed by atoms with E-state index in [1.54, 1.807) is 42.0 Å². The number of halogens is 1. The zero-order valence-corrected chi connectivity index (χ0v) is 17.2. The summed E-state index contributed by atoms with van der Waals surface area (Å²) in [6, 6.07) is 15.3. The summed E-state index contributed by atoms with van der Waals surface area (Å²) >= 11 is 1.41. The summed E-state index contributed by atoms with van der Waals surface area (Å²) in [6.07, 6.45) is 0.892. The highest BCUT2D eigenvalue weighted by Crippen LogP contribution is 2.27. The first-order valence-corrected chi connectivity index (χ1v) is 10.2. The Bertz CT molecular complexity index is 1160. The summed E-state index contributed by atoms with van der Waals surface area (Å²) < 4.78 is 20.6. The van der Waals surface area contributed by atoms with E-state index in [1.165, 1.54) is 23.5 Å². The average Bonchev–Trinajstić information content (AvgIpc) is 3.36. The predicted octanol–water partition coefficient (Wildman–Crippen LogP) is 4.85. The Morgan fingerprint density at radius 2 is 1.90 bits per heavy atom. The molecule has 6 nitrogen and oxygen atoms in total. The lowest BCUT2D eigenvalue weighted by Crippen LogP contribution is -2.30. The van der Waals surface area contributed by atoms with Gasteiger partial charge in [-0.2, -0.15) is 0 Å². The van der Waals surface area contributed by atoms with Crippen LogP contribution in [0.4, 0.5) is 10.2 Å².